The summed E-state index contributed by atoms with van der Waals surface area (Å²) < 4.78 is 6.26. The van der Waals surface area contributed by atoms with Crippen molar-refractivity contribution >= 4 is 34.9 Å². The molecule has 0 radical (unpaired) electrons. The van der Waals surface area contributed by atoms with Crippen molar-refractivity contribution in [1.29, 1.82) is 0 Å². The van der Waals surface area contributed by atoms with Gasteiger partial charge in [0, 0.05) is 62.9 Å². The van der Waals surface area contributed by atoms with Crippen LogP contribution in [0.1, 0.15) is 36.0 Å². The molecule has 6 rings (SSSR count). The van der Waals surface area contributed by atoms with Crippen LogP contribution in [0.4, 0.5) is 11.4 Å². The average molecular weight is 558 g/mol. The van der Waals surface area contributed by atoms with Crippen molar-refractivity contribution in [3.05, 3.63) is 100 Å². The molecule has 3 N–H and O–H groups in total. The number of fused-ring (bicyclic) bond motifs is 2. The van der Waals surface area contributed by atoms with Gasteiger partial charge in [0.1, 0.15) is 6.10 Å². The highest BCUT2D eigenvalue weighted by atomic mass is 32.2. The van der Waals surface area contributed by atoms with E-state index in [9.17, 15) is 4.79 Å². The van der Waals surface area contributed by atoms with Gasteiger partial charge in [0.15, 0.2) is 0 Å². The SMILES string of the molecule is CNCc1cccc(C(C)Nc2ccc3c(c2)Sc2cccc(C4CN(c5cc[nH]c(=O)c5)CCO4)c2S3)n1. The fourth-order valence-corrected chi connectivity index (χ4v) is 7.46. The Bertz CT molecular complexity index is 1540. The predicted molar refractivity (Wildman–Crippen MR) is 158 cm³/mol. The molecule has 4 heterocycles. The van der Waals surface area contributed by atoms with Crippen LogP contribution < -0.4 is 21.1 Å². The van der Waals surface area contributed by atoms with Crippen molar-refractivity contribution in [2.24, 2.45) is 0 Å². The second kappa shape index (κ2) is 11.5. The highest BCUT2D eigenvalue weighted by molar-refractivity contribution is 8.05. The summed E-state index contributed by atoms with van der Waals surface area (Å²) in [5.41, 5.74) is 5.20. The van der Waals surface area contributed by atoms with Crippen molar-refractivity contribution in [2.75, 3.05) is 37.0 Å². The highest BCUT2D eigenvalue weighted by Crippen LogP contribution is 2.52. The van der Waals surface area contributed by atoms with Crippen LogP contribution in [0.15, 0.2) is 97.3 Å². The second-order valence-electron chi connectivity index (χ2n) is 9.71. The first-order valence-electron chi connectivity index (χ1n) is 13.1. The molecule has 200 valence electrons. The van der Waals surface area contributed by atoms with Crippen LogP contribution >= 0.6 is 23.5 Å². The van der Waals surface area contributed by atoms with E-state index in [2.05, 4.69) is 76.0 Å². The Morgan fingerprint density at radius 1 is 1.08 bits per heavy atom. The molecule has 7 nitrogen and oxygen atoms in total. The Kier molecular flexibility index (Phi) is 7.65. The lowest BCUT2D eigenvalue weighted by atomic mass is 10.1. The lowest BCUT2D eigenvalue weighted by Crippen LogP contribution is -2.39. The number of aromatic amines is 1. The number of anilines is 2. The number of H-pyrrole nitrogens is 1. The molecule has 0 bridgehead atoms. The number of rotatable bonds is 7. The Hall–Kier alpha value is -3.24. The summed E-state index contributed by atoms with van der Waals surface area (Å²) in [6, 6.07) is 23.0. The lowest BCUT2D eigenvalue weighted by molar-refractivity contribution is 0.0379. The van der Waals surface area contributed by atoms with Crippen LogP contribution in [0, 0.1) is 0 Å². The number of ether oxygens (including phenoxy) is 1. The van der Waals surface area contributed by atoms with Gasteiger partial charge in [-0.05, 0) is 62.0 Å². The molecular weight excluding hydrogens is 526 g/mol. The van der Waals surface area contributed by atoms with E-state index in [4.69, 9.17) is 9.72 Å². The minimum absolute atomic E-state index is 0.0596. The zero-order valence-corrected chi connectivity index (χ0v) is 23.6. The fraction of sp³-hybridized carbons (Fsp3) is 0.267. The zero-order chi connectivity index (χ0) is 26.8. The number of hydrogen-bond donors (Lipinski definition) is 3. The van der Waals surface area contributed by atoms with Crippen LogP contribution in [0.25, 0.3) is 0 Å². The molecule has 0 saturated carbocycles. The van der Waals surface area contributed by atoms with Gasteiger partial charge < -0.3 is 25.3 Å². The van der Waals surface area contributed by atoms with E-state index in [1.165, 1.54) is 25.1 Å². The molecule has 0 spiro atoms. The molecule has 1 saturated heterocycles. The largest absolute Gasteiger partial charge is 0.377 e. The fourth-order valence-electron chi connectivity index (χ4n) is 5.01. The number of nitrogens with zero attached hydrogens (tertiary/aromatic N) is 2. The first kappa shape index (κ1) is 26.0. The molecule has 2 unspecified atom stereocenters. The molecule has 9 heteroatoms. The number of pyridine rings is 2. The molecule has 4 aromatic rings. The van der Waals surface area contributed by atoms with Gasteiger partial charge in [-0.15, -0.1) is 0 Å². The molecule has 0 aliphatic carbocycles. The van der Waals surface area contributed by atoms with Crippen LogP contribution in [0.3, 0.4) is 0 Å². The van der Waals surface area contributed by atoms with Crippen LogP contribution in [0.2, 0.25) is 0 Å². The Morgan fingerprint density at radius 3 is 2.85 bits per heavy atom. The quantitative estimate of drug-likeness (QED) is 0.230. The minimum atomic E-state index is -0.0852. The van der Waals surface area contributed by atoms with Crippen LogP contribution in [0.5, 0.6) is 0 Å². The van der Waals surface area contributed by atoms with Crippen molar-refractivity contribution in [3.8, 4) is 0 Å². The minimum Gasteiger partial charge on any atom is -0.377 e. The molecule has 1 fully saturated rings. The molecule has 0 amide bonds. The van der Waals surface area contributed by atoms with E-state index >= 15 is 0 Å². The summed E-state index contributed by atoms with van der Waals surface area (Å²) >= 11 is 3.62. The standard InChI is InChI=1S/C30H31N5O2S2/c1-19(24-7-3-5-21(34-24)17-31-2)33-20-9-10-26-28(15-20)38-27-8-4-6-23(30(27)39-26)25-18-35(13-14-37-25)22-11-12-32-29(36)16-22/h3-12,15-16,19,25,31,33H,13-14,17-18H2,1-2H3,(H,32,36). The normalized spacial score (nSPS) is 17.3. The van der Waals surface area contributed by atoms with Crippen LogP contribution in [-0.4, -0.2) is 36.7 Å². The zero-order valence-electron chi connectivity index (χ0n) is 21.9. The van der Waals surface area contributed by atoms with Gasteiger partial charge in [-0.25, -0.2) is 0 Å². The number of morpholine rings is 1. The van der Waals surface area contributed by atoms with Gasteiger partial charge in [-0.3, -0.25) is 9.78 Å². The maximum absolute atomic E-state index is 11.9. The van der Waals surface area contributed by atoms with Crippen LogP contribution in [-0.2, 0) is 11.3 Å². The number of nitrogens with one attached hydrogen (secondary N) is 3. The summed E-state index contributed by atoms with van der Waals surface area (Å²) in [7, 11) is 1.94. The lowest BCUT2D eigenvalue weighted by Gasteiger charge is -2.36. The third-order valence-electron chi connectivity index (χ3n) is 6.94. The van der Waals surface area contributed by atoms with Gasteiger partial charge in [0.25, 0.3) is 0 Å². The number of benzene rings is 2. The smallest absolute Gasteiger partial charge is 0.249 e. The van der Waals surface area contributed by atoms with Crippen molar-refractivity contribution in [3.63, 3.8) is 0 Å². The Balaban J connectivity index is 1.19. The van der Waals surface area contributed by atoms with Gasteiger partial charge in [0.05, 0.1) is 24.0 Å². The highest BCUT2D eigenvalue weighted by Gasteiger charge is 2.28. The van der Waals surface area contributed by atoms with Crippen molar-refractivity contribution in [2.45, 2.75) is 45.2 Å². The summed E-state index contributed by atoms with van der Waals surface area (Å²) in [6.07, 6.45) is 1.65. The number of aromatic nitrogens is 2. The van der Waals surface area contributed by atoms with E-state index < -0.39 is 0 Å². The second-order valence-corrected chi connectivity index (χ2v) is 11.8. The molecule has 2 aromatic heterocycles. The van der Waals surface area contributed by atoms with E-state index in [1.807, 2.05) is 30.9 Å². The molecule has 2 aliphatic heterocycles. The first-order valence-corrected chi connectivity index (χ1v) is 14.8. The third kappa shape index (κ3) is 5.72. The molecule has 2 atom stereocenters. The summed E-state index contributed by atoms with van der Waals surface area (Å²) in [4.78, 5) is 26.6. The average Bonchev–Trinajstić information content (AvgIpc) is 2.96. The van der Waals surface area contributed by atoms with Crippen molar-refractivity contribution < 1.29 is 4.74 Å². The number of hydrogen-bond acceptors (Lipinski definition) is 8. The Morgan fingerprint density at radius 2 is 1.97 bits per heavy atom. The summed E-state index contributed by atoms with van der Waals surface area (Å²) in [6.45, 7) is 5.00. The maximum Gasteiger partial charge on any atom is 0.249 e. The topological polar surface area (TPSA) is 82.3 Å². The molecule has 2 aromatic carbocycles. The molecule has 39 heavy (non-hydrogen) atoms. The van der Waals surface area contributed by atoms with E-state index in [0.717, 1.165) is 35.9 Å². The van der Waals surface area contributed by atoms with E-state index in [0.29, 0.717) is 13.2 Å². The van der Waals surface area contributed by atoms with Gasteiger partial charge in [-0.2, -0.15) is 0 Å². The molecular formula is C30H31N5O2S2. The van der Waals surface area contributed by atoms with Gasteiger partial charge >= 0.3 is 0 Å². The first-order chi connectivity index (χ1) is 19.1. The monoisotopic (exact) mass is 557 g/mol. The summed E-state index contributed by atoms with van der Waals surface area (Å²) in [5, 5.41) is 6.80. The van der Waals surface area contributed by atoms with Gasteiger partial charge in [0.2, 0.25) is 5.56 Å². The Labute approximate surface area is 236 Å². The van der Waals surface area contributed by atoms with Gasteiger partial charge in [-0.1, -0.05) is 41.7 Å². The summed E-state index contributed by atoms with van der Waals surface area (Å²) in [5.74, 6) is 0. The van der Waals surface area contributed by atoms with E-state index in [-0.39, 0.29) is 17.7 Å². The van der Waals surface area contributed by atoms with E-state index in [1.54, 1.807) is 24.0 Å². The van der Waals surface area contributed by atoms with Crippen molar-refractivity contribution in [1.82, 2.24) is 15.3 Å². The molecule has 2 aliphatic rings. The maximum atomic E-state index is 11.9. The predicted octanol–water partition coefficient (Wildman–Crippen LogP) is 5.86. The third-order valence-corrected chi connectivity index (χ3v) is 9.55.